The predicted octanol–water partition coefficient (Wildman–Crippen LogP) is 1.46. The highest BCUT2D eigenvalue weighted by Crippen LogP contribution is 2.17. The second-order valence-corrected chi connectivity index (χ2v) is 2.70. The Kier molecular flexibility index (Phi) is 3.00. The molecule has 3 nitrogen and oxygen atoms in total. The number of aromatic nitrogens is 1. The number of rotatable bonds is 2. The molecule has 0 aliphatic rings. The van der Waals surface area contributed by atoms with E-state index in [0.29, 0.717) is 0 Å². The fourth-order valence-corrected chi connectivity index (χ4v) is 1.07. The fraction of sp³-hybridized carbons (Fsp3) is 0.286. The van der Waals surface area contributed by atoms with E-state index in [4.69, 9.17) is 16.7 Å². The van der Waals surface area contributed by atoms with E-state index in [9.17, 15) is 13.6 Å². The van der Waals surface area contributed by atoms with Gasteiger partial charge in [-0.3, -0.25) is 4.79 Å². The SMILES string of the molecule is O=c1c(C(F)F)c[nH]c(Cl)c1CO. The van der Waals surface area contributed by atoms with Gasteiger partial charge in [0.1, 0.15) is 5.15 Å². The number of H-pyrrole nitrogens is 1. The summed E-state index contributed by atoms with van der Waals surface area (Å²) in [5.74, 6) is 0. The number of alkyl halides is 2. The quantitative estimate of drug-likeness (QED) is 0.725. The van der Waals surface area contributed by atoms with Crippen molar-refractivity contribution in [3.63, 3.8) is 0 Å². The molecule has 0 atom stereocenters. The summed E-state index contributed by atoms with van der Waals surface area (Å²) in [6.07, 6.45) is -2.03. The van der Waals surface area contributed by atoms with E-state index in [1.54, 1.807) is 0 Å². The minimum Gasteiger partial charge on any atom is -0.391 e. The summed E-state index contributed by atoms with van der Waals surface area (Å²) in [6.45, 7) is -0.658. The van der Waals surface area contributed by atoms with Crippen LogP contribution < -0.4 is 5.43 Å². The molecule has 1 aromatic heterocycles. The smallest absolute Gasteiger partial charge is 0.269 e. The van der Waals surface area contributed by atoms with Crippen molar-refractivity contribution in [1.82, 2.24) is 4.98 Å². The first-order valence-electron chi connectivity index (χ1n) is 3.37. The van der Waals surface area contributed by atoms with Crippen molar-refractivity contribution in [2.24, 2.45) is 0 Å². The Morgan fingerprint density at radius 3 is 2.69 bits per heavy atom. The topological polar surface area (TPSA) is 53.1 Å². The molecule has 0 amide bonds. The maximum atomic E-state index is 12.1. The molecule has 0 radical (unpaired) electrons. The highest BCUT2D eigenvalue weighted by Gasteiger charge is 2.16. The second-order valence-electron chi connectivity index (χ2n) is 2.32. The Morgan fingerprint density at radius 1 is 1.62 bits per heavy atom. The molecule has 0 unspecified atom stereocenters. The summed E-state index contributed by atoms with van der Waals surface area (Å²) < 4.78 is 24.3. The van der Waals surface area contributed by atoms with E-state index in [1.165, 1.54) is 0 Å². The number of aromatic amines is 1. The van der Waals surface area contributed by atoms with Crippen LogP contribution in [-0.4, -0.2) is 10.1 Å². The van der Waals surface area contributed by atoms with Crippen LogP contribution in [0.15, 0.2) is 11.0 Å². The molecule has 2 N–H and O–H groups in total. The Morgan fingerprint density at radius 2 is 2.23 bits per heavy atom. The number of pyridine rings is 1. The minimum atomic E-state index is -2.87. The molecular weight excluding hydrogens is 204 g/mol. The summed E-state index contributed by atoms with van der Waals surface area (Å²) in [7, 11) is 0. The van der Waals surface area contributed by atoms with Crippen LogP contribution in [0.25, 0.3) is 0 Å². The highest BCUT2D eigenvalue weighted by atomic mass is 35.5. The fourth-order valence-electron chi connectivity index (χ4n) is 0.871. The number of aliphatic hydroxyl groups excluding tert-OH is 1. The molecule has 0 bridgehead atoms. The summed E-state index contributed by atoms with van der Waals surface area (Å²) in [6, 6.07) is 0. The van der Waals surface area contributed by atoms with Crippen LogP contribution in [0.5, 0.6) is 0 Å². The molecule has 1 heterocycles. The van der Waals surface area contributed by atoms with Gasteiger partial charge in [0.15, 0.2) is 5.43 Å². The van der Waals surface area contributed by atoms with Gasteiger partial charge in [0, 0.05) is 6.20 Å². The van der Waals surface area contributed by atoms with Gasteiger partial charge in [0.25, 0.3) is 6.43 Å². The third kappa shape index (κ3) is 1.87. The van der Waals surface area contributed by atoms with Crippen molar-refractivity contribution in [3.8, 4) is 0 Å². The van der Waals surface area contributed by atoms with Crippen molar-refractivity contribution in [1.29, 1.82) is 0 Å². The van der Waals surface area contributed by atoms with E-state index >= 15 is 0 Å². The molecule has 0 aliphatic heterocycles. The van der Waals surface area contributed by atoms with Gasteiger partial charge in [-0.05, 0) is 0 Å². The van der Waals surface area contributed by atoms with Crippen LogP contribution in [0.3, 0.4) is 0 Å². The van der Waals surface area contributed by atoms with Crippen molar-refractivity contribution >= 4 is 11.6 Å². The first-order chi connectivity index (χ1) is 6.07. The predicted molar refractivity (Wildman–Crippen MR) is 43.0 cm³/mol. The van der Waals surface area contributed by atoms with Crippen LogP contribution in [0.2, 0.25) is 5.15 Å². The Labute approximate surface area is 77.0 Å². The van der Waals surface area contributed by atoms with E-state index in [-0.39, 0.29) is 10.7 Å². The molecule has 13 heavy (non-hydrogen) atoms. The van der Waals surface area contributed by atoms with Gasteiger partial charge in [-0.25, -0.2) is 8.78 Å². The third-order valence-electron chi connectivity index (χ3n) is 1.55. The molecule has 0 fully saturated rings. The lowest BCUT2D eigenvalue weighted by molar-refractivity contribution is 0.149. The zero-order valence-electron chi connectivity index (χ0n) is 6.35. The van der Waals surface area contributed by atoms with Gasteiger partial charge in [0.05, 0.1) is 17.7 Å². The number of nitrogens with one attached hydrogen (secondary N) is 1. The van der Waals surface area contributed by atoms with Crippen molar-refractivity contribution in [2.45, 2.75) is 13.0 Å². The molecular formula is C7H6ClF2NO2. The standard InChI is InChI=1S/C7H6ClF2NO2/c8-6-4(2-12)5(13)3(1-11-6)7(9)10/h1,7,12H,2H2,(H,11,13). The highest BCUT2D eigenvalue weighted by molar-refractivity contribution is 6.30. The average Bonchev–Trinajstić information content (AvgIpc) is 2.04. The van der Waals surface area contributed by atoms with Gasteiger partial charge in [0.2, 0.25) is 0 Å². The molecule has 1 rings (SSSR count). The van der Waals surface area contributed by atoms with Crippen molar-refractivity contribution in [3.05, 3.63) is 32.7 Å². The minimum absolute atomic E-state index is 0.114. The van der Waals surface area contributed by atoms with E-state index < -0.39 is 24.0 Å². The number of hydrogen-bond acceptors (Lipinski definition) is 2. The van der Waals surface area contributed by atoms with Gasteiger partial charge >= 0.3 is 0 Å². The Hall–Kier alpha value is -0.940. The summed E-state index contributed by atoms with van der Waals surface area (Å²) in [4.78, 5) is 13.4. The van der Waals surface area contributed by atoms with Crippen LogP contribution in [0.4, 0.5) is 8.78 Å². The third-order valence-corrected chi connectivity index (χ3v) is 1.89. The molecule has 0 spiro atoms. The van der Waals surface area contributed by atoms with E-state index in [1.807, 2.05) is 0 Å². The van der Waals surface area contributed by atoms with Crippen molar-refractivity contribution < 1.29 is 13.9 Å². The van der Waals surface area contributed by atoms with Gasteiger partial charge in [-0.1, -0.05) is 11.6 Å². The first-order valence-corrected chi connectivity index (χ1v) is 3.74. The molecule has 0 saturated carbocycles. The maximum Gasteiger partial charge on any atom is 0.269 e. The zero-order valence-corrected chi connectivity index (χ0v) is 7.11. The average molecular weight is 210 g/mol. The maximum absolute atomic E-state index is 12.1. The monoisotopic (exact) mass is 209 g/mol. The van der Waals surface area contributed by atoms with Crippen molar-refractivity contribution in [2.75, 3.05) is 0 Å². The van der Waals surface area contributed by atoms with Gasteiger partial charge in [-0.15, -0.1) is 0 Å². The van der Waals surface area contributed by atoms with Gasteiger partial charge < -0.3 is 10.1 Å². The normalized spacial score (nSPS) is 10.8. The molecule has 72 valence electrons. The largest absolute Gasteiger partial charge is 0.391 e. The van der Waals surface area contributed by atoms with Gasteiger partial charge in [-0.2, -0.15) is 0 Å². The number of hydrogen-bond donors (Lipinski definition) is 2. The lowest BCUT2D eigenvalue weighted by Crippen LogP contribution is -2.16. The lowest BCUT2D eigenvalue weighted by atomic mass is 10.2. The van der Waals surface area contributed by atoms with E-state index in [2.05, 4.69) is 4.98 Å². The molecule has 0 aromatic carbocycles. The number of aliphatic hydroxyl groups is 1. The Balaban J connectivity index is 3.37. The molecule has 6 heteroatoms. The second kappa shape index (κ2) is 3.85. The van der Waals surface area contributed by atoms with Crippen LogP contribution in [0.1, 0.15) is 17.6 Å². The molecule has 0 saturated heterocycles. The summed E-state index contributed by atoms with van der Waals surface area (Å²) in [5, 5.41) is 8.54. The van der Waals surface area contributed by atoms with Crippen LogP contribution in [-0.2, 0) is 6.61 Å². The number of halogens is 3. The summed E-state index contributed by atoms with van der Waals surface area (Å²) >= 11 is 5.45. The van der Waals surface area contributed by atoms with Crippen LogP contribution >= 0.6 is 11.6 Å². The zero-order chi connectivity index (χ0) is 10.0. The van der Waals surface area contributed by atoms with E-state index in [0.717, 1.165) is 6.20 Å². The lowest BCUT2D eigenvalue weighted by Gasteiger charge is -2.02. The molecule has 1 aromatic rings. The summed E-state index contributed by atoms with van der Waals surface area (Å²) in [5.41, 5.74) is -1.84. The Bertz CT molecular complexity index is 364. The molecule has 0 aliphatic carbocycles. The first kappa shape index (κ1) is 10.1. The van der Waals surface area contributed by atoms with Crippen LogP contribution in [0, 0.1) is 0 Å².